The summed E-state index contributed by atoms with van der Waals surface area (Å²) in [5, 5.41) is 23.2. The van der Waals surface area contributed by atoms with Crippen LogP contribution in [-0.2, 0) is 14.3 Å². The monoisotopic (exact) mass is 834 g/mol. The van der Waals surface area contributed by atoms with Crippen molar-refractivity contribution in [2.24, 2.45) is 0 Å². The number of rotatable bonds is 49. The third-order valence-electron chi connectivity index (χ3n) is 12.3. The molecule has 1 amide bonds. The molecule has 0 heterocycles. The summed E-state index contributed by atoms with van der Waals surface area (Å²) in [6.07, 6.45) is 56.2. The van der Waals surface area contributed by atoms with Crippen molar-refractivity contribution in [1.82, 2.24) is 5.32 Å². The van der Waals surface area contributed by atoms with Gasteiger partial charge in [0.2, 0.25) is 5.91 Å². The van der Waals surface area contributed by atoms with Crippen molar-refractivity contribution >= 4 is 11.9 Å². The number of carbonyl (C=O) groups is 2. The number of nitrogens with one attached hydrogen (secondary N) is 1. The van der Waals surface area contributed by atoms with E-state index < -0.39 is 12.1 Å². The van der Waals surface area contributed by atoms with E-state index in [1.54, 1.807) is 0 Å². The maximum absolute atomic E-state index is 12.4. The van der Waals surface area contributed by atoms with Gasteiger partial charge in [-0.3, -0.25) is 9.59 Å². The fourth-order valence-electron chi connectivity index (χ4n) is 8.22. The van der Waals surface area contributed by atoms with E-state index in [-0.39, 0.29) is 18.5 Å². The lowest BCUT2D eigenvalue weighted by Crippen LogP contribution is -2.45. The third-order valence-corrected chi connectivity index (χ3v) is 12.3. The standard InChI is InChI=1S/C53H103NO5/c1-3-5-7-9-11-13-15-17-19-20-22-24-26-31-35-39-43-47-53(58)59-48-44-40-36-32-28-27-30-34-38-42-46-52(57)54-50(49-55)51(56)45-41-37-33-29-25-23-21-18-16-14-12-10-8-6-4-2/h28,32,50-51,55-56H,3-27,29-31,33-49H2,1-2H3,(H,54,57)/b32-28-. The van der Waals surface area contributed by atoms with Gasteiger partial charge in [-0.15, -0.1) is 0 Å². The van der Waals surface area contributed by atoms with Crippen LogP contribution < -0.4 is 5.32 Å². The first kappa shape index (κ1) is 57.6. The third kappa shape index (κ3) is 45.9. The molecule has 3 N–H and O–H groups in total. The van der Waals surface area contributed by atoms with Crippen LogP contribution in [0.15, 0.2) is 12.2 Å². The van der Waals surface area contributed by atoms with Crippen molar-refractivity contribution < 1.29 is 24.5 Å². The second-order valence-electron chi connectivity index (χ2n) is 18.2. The Balaban J connectivity index is 3.50. The molecule has 0 spiro atoms. The van der Waals surface area contributed by atoms with Crippen molar-refractivity contribution in [2.75, 3.05) is 13.2 Å². The minimum Gasteiger partial charge on any atom is -0.466 e. The van der Waals surface area contributed by atoms with Gasteiger partial charge in [-0.1, -0.05) is 238 Å². The summed E-state index contributed by atoms with van der Waals surface area (Å²) in [5.41, 5.74) is 0. The highest BCUT2D eigenvalue weighted by Crippen LogP contribution is 2.17. The maximum atomic E-state index is 12.4. The molecular weight excluding hydrogens is 731 g/mol. The summed E-state index contributed by atoms with van der Waals surface area (Å²) in [4.78, 5) is 24.5. The molecule has 0 bridgehead atoms. The first-order chi connectivity index (χ1) is 29.0. The molecule has 0 aliphatic carbocycles. The molecule has 0 saturated heterocycles. The van der Waals surface area contributed by atoms with Gasteiger partial charge < -0.3 is 20.3 Å². The van der Waals surface area contributed by atoms with Crippen LogP contribution in [0.25, 0.3) is 0 Å². The first-order valence-corrected chi connectivity index (χ1v) is 26.4. The molecule has 0 rings (SSSR count). The molecule has 0 aromatic rings. The van der Waals surface area contributed by atoms with Crippen LogP contribution in [0, 0.1) is 0 Å². The Morgan fingerprint density at radius 1 is 0.458 bits per heavy atom. The number of amides is 1. The molecular formula is C53H103NO5. The predicted molar refractivity (Wildman–Crippen MR) is 255 cm³/mol. The van der Waals surface area contributed by atoms with E-state index >= 15 is 0 Å². The summed E-state index contributed by atoms with van der Waals surface area (Å²) in [6.45, 7) is 4.88. The number of hydrogen-bond acceptors (Lipinski definition) is 5. The van der Waals surface area contributed by atoms with Crippen molar-refractivity contribution in [3.63, 3.8) is 0 Å². The smallest absolute Gasteiger partial charge is 0.305 e. The summed E-state index contributed by atoms with van der Waals surface area (Å²) in [7, 11) is 0. The zero-order valence-corrected chi connectivity index (χ0v) is 39.7. The average Bonchev–Trinajstić information content (AvgIpc) is 3.24. The van der Waals surface area contributed by atoms with Gasteiger partial charge in [0.1, 0.15) is 0 Å². The molecule has 59 heavy (non-hydrogen) atoms. The number of allylic oxidation sites excluding steroid dienone is 2. The van der Waals surface area contributed by atoms with Gasteiger partial charge in [0, 0.05) is 12.8 Å². The Morgan fingerprint density at radius 2 is 0.797 bits per heavy atom. The number of carbonyl (C=O) groups excluding carboxylic acids is 2. The Bertz CT molecular complexity index is 878. The highest BCUT2D eigenvalue weighted by Gasteiger charge is 2.20. The number of unbranched alkanes of at least 4 members (excludes halogenated alkanes) is 36. The Hall–Kier alpha value is -1.40. The second kappa shape index (κ2) is 49.3. The van der Waals surface area contributed by atoms with Gasteiger partial charge in [-0.05, 0) is 51.4 Å². The lowest BCUT2D eigenvalue weighted by atomic mass is 10.0. The first-order valence-electron chi connectivity index (χ1n) is 26.4. The van der Waals surface area contributed by atoms with Crippen LogP contribution >= 0.6 is 0 Å². The molecule has 6 nitrogen and oxygen atoms in total. The molecule has 0 saturated carbocycles. The normalized spacial score (nSPS) is 12.7. The van der Waals surface area contributed by atoms with Crippen LogP contribution in [0.1, 0.15) is 290 Å². The lowest BCUT2D eigenvalue weighted by molar-refractivity contribution is -0.143. The fraction of sp³-hybridized carbons (Fsp3) is 0.925. The molecule has 6 heteroatoms. The maximum Gasteiger partial charge on any atom is 0.305 e. The summed E-state index contributed by atoms with van der Waals surface area (Å²) < 4.78 is 5.44. The van der Waals surface area contributed by atoms with Crippen LogP contribution in [0.5, 0.6) is 0 Å². The zero-order valence-electron chi connectivity index (χ0n) is 39.7. The number of aliphatic hydroxyl groups is 2. The minimum absolute atomic E-state index is 0.0321. The summed E-state index contributed by atoms with van der Waals surface area (Å²) >= 11 is 0. The predicted octanol–water partition coefficient (Wildman–Crippen LogP) is 15.7. The van der Waals surface area contributed by atoms with E-state index in [1.165, 1.54) is 180 Å². The van der Waals surface area contributed by atoms with Crippen molar-refractivity contribution in [2.45, 2.75) is 302 Å². The van der Waals surface area contributed by atoms with Crippen molar-refractivity contribution in [1.29, 1.82) is 0 Å². The number of aliphatic hydroxyl groups excluding tert-OH is 2. The van der Waals surface area contributed by atoms with E-state index in [1.807, 2.05) is 0 Å². The van der Waals surface area contributed by atoms with E-state index in [0.29, 0.717) is 25.9 Å². The molecule has 0 aromatic heterocycles. The van der Waals surface area contributed by atoms with Crippen molar-refractivity contribution in [3.8, 4) is 0 Å². The lowest BCUT2D eigenvalue weighted by Gasteiger charge is -2.22. The highest BCUT2D eigenvalue weighted by atomic mass is 16.5. The summed E-state index contributed by atoms with van der Waals surface area (Å²) in [6, 6.07) is -0.565. The average molecular weight is 834 g/mol. The molecule has 0 aliphatic rings. The Kier molecular flexibility index (Phi) is 48.1. The largest absolute Gasteiger partial charge is 0.466 e. The van der Waals surface area contributed by atoms with Gasteiger partial charge >= 0.3 is 5.97 Å². The van der Waals surface area contributed by atoms with E-state index in [0.717, 1.165) is 77.0 Å². The second-order valence-corrected chi connectivity index (χ2v) is 18.2. The molecule has 2 unspecified atom stereocenters. The van der Waals surface area contributed by atoms with Gasteiger partial charge in [-0.2, -0.15) is 0 Å². The van der Waals surface area contributed by atoms with Gasteiger partial charge in [0.05, 0.1) is 25.4 Å². The fourth-order valence-corrected chi connectivity index (χ4v) is 8.22. The quantitative estimate of drug-likeness (QED) is 0.0322. The van der Waals surface area contributed by atoms with Crippen LogP contribution in [0.4, 0.5) is 0 Å². The summed E-state index contributed by atoms with van der Waals surface area (Å²) in [5.74, 6) is -0.101. The zero-order chi connectivity index (χ0) is 43.0. The van der Waals surface area contributed by atoms with Crippen molar-refractivity contribution in [3.05, 3.63) is 12.2 Å². The minimum atomic E-state index is -0.684. The topological polar surface area (TPSA) is 95.9 Å². The van der Waals surface area contributed by atoms with Crippen LogP contribution in [0.2, 0.25) is 0 Å². The molecule has 350 valence electrons. The molecule has 0 aliphatic heterocycles. The van der Waals surface area contributed by atoms with E-state index in [9.17, 15) is 19.8 Å². The molecule has 2 atom stereocenters. The highest BCUT2D eigenvalue weighted by molar-refractivity contribution is 5.76. The van der Waals surface area contributed by atoms with Gasteiger partial charge in [0.15, 0.2) is 0 Å². The Labute approximate surface area is 368 Å². The number of ether oxygens (including phenoxy) is 1. The van der Waals surface area contributed by atoms with Crippen LogP contribution in [-0.4, -0.2) is 47.4 Å². The van der Waals surface area contributed by atoms with E-state index in [2.05, 4.69) is 31.3 Å². The van der Waals surface area contributed by atoms with Gasteiger partial charge in [0.25, 0.3) is 0 Å². The van der Waals surface area contributed by atoms with Crippen LogP contribution in [0.3, 0.4) is 0 Å². The van der Waals surface area contributed by atoms with E-state index in [4.69, 9.17) is 4.74 Å². The molecule has 0 fully saturated rings. The molecule has 0 radical (unpaired) electrons. The van der Waals surface area contributed by atoms with Gasteiger partial charge in [-0.25, -0.2) is 0 Å². The Morgan fingerprint density at radius 3 is 1.20 bits per heavy atom. The SMILES string of the molecule is CCCCCCCCCCCCCCCCCCCC(=O)OCCCC/C=C\CCCCCCC(=O)NC(CO)C(O)CCCCCCCCCCCCCCCCC. The number of hydrogen-bond donors (Lipinski definition) is 3. The number of esters is 1. The molecule has 0 aromatic carbocycles.